The molecule has 0 aromatic rings. The highest BCUT2D eigenvalue weighted by Crippen LogP contribution is 2.26. The van der Waals surface area contributed by atoms with Crippen LogP contribution in [-0.4, -0.2) is 97.5 Å². The Morgan fingerprint density at radius 1 is 0.642 bits per heavy atom. The van der Waals surface area contributed by atoms with E-state index in [-0.39, 0.29) is 19.6 Å². The molecule has 1 aliphatic rings. The van der Waals surface area contributed by atoms with Crippen LogP contribution in [0.25, 0.3) is 0 Å². The Balaban J connectivity index is 2.12. The number of carbonyl (C=O) groups is 1. The van der Waals surface area contributed by atoms with Crippen LogP contribution < -0.4 is 0 Å². The molecule has 1 saturated heterocycles. The molecule has 0 spiro atoms. The lowest BCUT2D eigenvalue weighted by molar-refractivity contribution is -0.301. The Hall–Kier alpha value is -0.900. The van der Waals surface area contributed by atoms with Crippen molar-refractivity contribution in [1.82, 2.24) is 0 Å². The van der Waals surface area contributed by atoms with Gasteiger partial charge in [0.25, 0.3) is 0 Å². The molecule has 316 valence electrons. The van der Waals surface area contributed by atoms with Crippen LogP contribution in [0.15, 0.2) is 0 Å². The van der Waals surface area contributed by atoms with Gasteiger partial charge in [-0.05, 0) is 12.8 Å². The number of esters is 1. The predicted octanol–water partition coefficient (Wildman–Crippen LogP) is 8.13. The molecular weight excluding hydrogens is 704 g/mol. The minimum atomic E-state index is -5.04. The summed E-state index contributed by atoms with van der Waals surface area (Å²) in [6.45, 7) is 3.74. The molecule has 0 aromatic heterocycles. The zero-order valence-electron chi connectivity index (χ0n) is 33.3. The van der Waals surface area contributed by atoms with E-state index in [1.807, 2.05) is 6.92 Å². The standard InChI is InChI=1S/C40H78O12S/c1-3-5-7-8-9-10-11-12-13-14-15-16-17-18-19-20-21-22-23-24-25-26-27-28-30-48-32-34(50-36(42)29-6-4-2)33-49-40-38(44)39(52-53(45,46)47)37(43)35(31-41)51-40/h34-35,37-41,43-44H,3-33H2,1-2H3,(H,45,46,47). The van der Waals surface area contributed by atoms with E-state index in [2.05, 4.69) is 11.1 Å². The summed E-state index contributed by atoms with van der Waals surface area (Å²) in [4.78, 5) is 12.3. The molecule has 0 saturated carbocycles. The van der Waals surface area contributed by atoms with Crippen LogP contribution in [0.4, 0.5) is 0 Å². The second-order valence-corrected chi connectivity index (χ2v) is 16.0. The van der Waals surface area contributed by atoms with Gasteiger partial charge in [0, 0.05) is 13.0 Å². The maximum atomic E-state index is 12.3. The molecule has 6 atom stereocenters. The molecule has 0 bridgehead atoms. The first kappa shape index (κ1) is 50.1. The van der Waals surface area contributed by atoms with Crippen LogP contribution >= 0.6 is 0 Å². The zero-order chi connectivity index (χ0) is 39.0. The number of unbranched alkanes of at least 4 members (excludes halogenated alkanes) is 24. The average Bonchev–Trinajstić information content (AvgIpc) is 3.13. The van der Waals surface area contributed by atoms with Crippen LogP contribution in [0.1, 0.15) is 187 Å². The molecule has 4 N–H and O–H groups in total. The summed E-state index contributed by atoms with van der Waals surface area (Å²) in [6.07, 6.45) is 24.5. The molecule has 0 aliphatic carbocycles. The van der Waals surface area contributed by atoms with Crippen molar-refractivity contribution in [2.45, 2.75) is 224 Å². The topological polar surface area (TPSA) is 178 Å². The van der Waals surface area contributed by atoms with E-state index in [0.717, 1.165) is 25.7 Å². The summed E-state index contributed by atoms with van der Waals surface area (Å²) in [6, 6.07) is 0. The van der Waals surface area contributed by atoms with Crippen molar-refractivity contribution in [2.75, 3.05) is 26.4 Å². The first-order chi connectivity index (χ1) is 25.6. The smallest absolute Gasteiger partial charge is 0.397 e. The van der Waals surface area contributed by atoms with E-state index in [1.54, 1.807) is 0 Å². The quantitative estimate of drug-likeness (QED) is 0.0271. The van der Waals surface area contributed by atoms with E-state index < -0.39 is 59.8 Å². The summed E-state index contributed by atoms with van der Waals surface area (Å²) < 4.78 is 58.2. The first-order valence-electron chi connectivity index (χ1n) is 21.3. The molecule has 12 nitrogen and oxygen atoms in total. The monoisotopic (exact) mass is 783 g/mol. The van der Waals surface area contributed by atoms with E-state index in [0.29, 0.717) is 13.0 Å². The Kier molecular flexibility index (Phi) is 31.5. The molecule has 13 heteroatoms. The van der Waals surface area contributed by atoms with Crippen molar-refractivity contribution in [3.63, 3.8) is 0 Å². The maximum absolute atomic E-state index is 12.3. The number of aliphatic hydroxyl groups excluding tert-OH is 3. The van der Waals surface area contributed by atoms with Gasteiger partial charge in [0.2, 0.25) is 0 Å². The number of carbonyl (C=O) groups excluding carboxylic acids is 1. The lowest BCUT2D eigenvalue weighted by atomic mass is 9.99. The largest absolute Gasteiger partial charge is 0.457 e. The van der Waals surface area contributed by atoms with Gasteiger partial charge in [0.1, 0.15) is 30.5 Å². The van der Waals surface area contributed by atoms with Crippen LogP contribution in [0.2, 0.25) is 0 Å². The third-order valence-electron chi connectivity index (χ3n) is 9.98. The summed E-state index contributed by atoms with van der Waals surface area (Å²) in [5.74, 6) is -0.430. The van der Waals surface area contributed by atoms with Crippen LogP contribution in [0, 0.1) is 0 Å². The highest BCUT2D eigenvalue weighted by atomic mass is 32.3. The number of ether oxygens (including phenoxy) is 4. The third-order valence-corrected chi connectivity index (χ3v) is 10.4. The molecule has 1 aliphatic heterocycles. The number of rotatable bonds is 37. The van der Waals surface area contributed by atoms with E-state index in [4.69, 9.17) is 23.5 Å². The lowest BCUT2D eigenvalue weighted by Crippen LogP contribution is -2.60. The second kappa shape index (κ2) is 33.3. The van der Waals surface area contributed by atoms with Crippen molar-refractivity contribution < 1.29 is 56.2 Å². The number of aliphatic hydroxyl groups is 3. The maximum Gasteiger partial charge on any atom is 0.397 e. The van der Waals surface area contributed by atoms with Gasteiger partial charge in [-0.1, -0.05) is 168 Å². The van der Waals surface area contributed by atoms with Gasteiger partial charge in [0.15, 0.2) is 6.29 Å². The molecule has 1 fully saturated rings. The van der Waals surface area contributed by atoms with Gasteiger partial charge < -0.3 is 34.3 Å². The second-order valence-electron chi connectivity index (χ2n) is 15.0. The van der Waals surface area contributed by atoms with Crippen molar-refractivity contribution in [2.24, 2.45) is 0 Å². The lowest BCUT2D eigenvalue weighted by Gasteiger charge is -2.41. The van der Waals surface area contributed by atoms with Crippen molar-refractivity contribution in [1.29, 1.82) is 0 Å². The minimum Gasteiger partial charge on any atom is -0.457 e. The Bertz CT molecular complexity index is 952. The fourth-order valence-electron chi connectivity index (χ4n) is 6.71. The molecular formula is C40H78O12S. The Morgan fingerprint density at radius 2 is 1.08 bits per heavy atom. The van der Waals surface area contributed by atoms with Crippen molar-refractivity contribution in [3.05, 3.63) is 0 Å². The Labute approximate surface area is 322 Å². The highest BCUT2D eigenvalue weighted by molar-refractivity contribution is 7.80. The first-order valence-corrected chi connectivity index (χ1v) is 22.7. The summed E-state index contributed by atoms with van der Waals surface area (Å²) in [5, 5.41) is 30.3. The average molecular weight is 783 g/mol. The number of hydrogen-bond acceptors (Lipinski definition) is 11. The molecule has 0 amide bonds. The van der Waals surface area contributed by atoms with Gasteiger partial charge in [-0.25, -0.2) is 4.18 Å². The van der Waals surface area contributed by atoms with Gasteiger partial charge in [0.05, 0.1) is 19.8 Å². The van der Waals surface area contributed by atoms with Gasteiger partial charge in [-0.15, -0.1) is 0 Å². The van der Waals surface area contributed by atoms with E-state index in [9.17, 15) is 28.5 Å². The van der Waals surface area contributed by atoms with Gasteiger partial charge in [-0.3, -0.25) is 9.35 Å². The van der Waals surface area contributed by atoms with Crippen molar-refractivity contribution >= 4 is 16.4 Å². The van der Waals surface area contributed by atoms with Gasteiger partial charge >= 0.3 is 16.4 Å². The van der Waals surface area contributed by atoms with Crippen molar-refractivity contribution in [3.8, 4) is 0 Å². The summed E-state index contributed by atoms with van der Waals surface area (Å²) in [7, 11) is -5.04. The summed E-state index contributed by atoms with van der Waals surface area (Å²) >= 11 is 0. The van der Waals surface area contributed by atoms with Crippen LogP contribution in [0.5, 0.6) is 0 Å². The van der Waals surface area contributed by atoms with Crippen LogP contribution in [-0.2, 0) is 38.3 Å². The van der Waals surface area contributed by atoms with Gasteiger partial charge in [-0.2, -0.15) is 8.42 Å². The molecule has 6 unspecified atom stereocenters. The Morgan fingerprint density at radius 3 is 1.49 bits per heavy atom. The minimum absolute atomic E-state index is 0.0387. The highest BCUT2D eigenvalue weighted by Gasteiger charge is 2.48. The third kappa shape index (κ3) is 27.4. The predicted molar refractivity (Wildman–Crippen MR) is 207 cm³/mol. The van der Waals surface area contributed by atoms with E-state index in [1.165, 1.54) is 135 Å². The molecule has 0 radical (unpaired) electrons. The SMILES string of the molecule is CCCCCCCCCCCCCCCCCCCCCCCCCCOCC(COC1OC(CO)C(O)C(OS(=O)(=O)O)C1O)OC(=O)CCCC. The zero-order valence-corrected chi connectivity index (χ0v) is 34.2. The summed E-state index contributed by atoms with van der Waals surface area (Å²) in [5.41, 5.74) is 0. The molecule has 0 aromatic carbocycles. The fraction of sp³-hybridized carbons (Fsp3) is 0.975. The van der Waals surface area contributed by atoms with E-state index >= 15 is 0 Å². The molecule has 1 rings (SSSR count). The fourth-order valence-corrected chi connectivity index (χ4v) is 7.22. The van der Waals surface area contributed by atoms with Crippen LogP contribution in [0.3, 0.4) is 0 Å². The molecule has 53 heavy (non-hydrogen) atoms. The number of hydrogen-bond donors (Lipinski definition) is 4. The normalized spacial score (nSPS) is 21.2. The molecule has 1 heterocycles.